The standard InChI is InChI=1S/C27H30N4/c1-20-12-15-24-23(18-20)27(29-26-11-7-6-10-25(26)28-24)31-17-16-30(2)22(19-31)14-13-21-8-4-3-5-9-21/h3-12,15,18,22,28H,13-14,16-17,19H2,1-2H3/t22-/m0/s1. The molecule has 2 aliphatic rings. The number of benzene rings is 3. The van der Waals surface area contributed by atoms with E-state index in [1.165, 1.54) is 16.7 Å². The number of likely N-dealkylation sites (N-methyl/N-ethyl adjacent to an activating group) is 1. The van der Waals surface area contributed by atoms with Crippen LogP contribution in [0.3, 0.4) is 0 Å². The van der Waals surface area contributed by atoms with Crippen molar-refractivity contribution < 1.29 is 0 Å². The van der Waals surface area contributed by atoms with Crippen LogP contribution >= 0.6 is 0 Å². The Labute approximate surface area is 185 Å². The van der Waals surface area contributed by atoms with Gasteiger partial charge in [-0.05, 0) is 56.6 Å². The highest BCUT2D eigenvalue weighted by Crippen LogP contribution is 2.35. The van der Waals surface area contributed by atoms with Crippen LogP contribution in [-0.2, 0) is 6.42 Å². The van der Waals surface area contributed by atoms with Gasteiger partial charge in [0.2, 0.25) is 0 Å². The number of nitrogens with zero attached hydrogens (tertiary/aromatic N) is 3. The van der Waals surface area contributed by atoms with Gasteiger partial charge in [0.25, 0.3) is 0 Å². The first kappa shape index (κ1) is 19.8. The van der Waals surface area contributed by atoms with E-state index < -0.39 is 0 Å². The minimum Gasteiger partial charge on any atom is -0.353 e. The molecule has 0 unspecified atom stereocenters. The molecular formula is C27H30N4. The third-order valence-electron chi connectivity index (χ3n) is 6.50. The zero-order chi connectivity index (χ0) is 21.2. The van der Waals surface area contributed by atoms with Crippen LogP contribution in [0.4, 0.5) is 17.1 Å². The summed E-state index contributed by atoms with van der Waals surface area (Å²) in [5.41, 5.74) is 7.08. The average molecular weight is 411 g/mol. The Morgan fingerprint density at radius 3 is 2.61 bits per heavy atom. The van der Waals surface area contributed by atoms with Crippen LogP contribution in [-0.4, -0.2) is 48.4 Å². The second-order valence-corrected chi connectivity index (χ2v) is 8.73. The van der Waals surface area contributed by atoms with E-state index in [0.29, 0.717) is 6.04 Å². The minimum absolute atomic E-state index is 0.511. The van der Waals surface area contributed by atoms with Crippen LogP contribution in [0.5, 0.6) is 0 Å². The number of hydrogen-bond donors (Lipinski definition) is 1. The van der Waals surface area contributed by atoms with Crippen LogP contribution < -0.4 is 5.32 Å². The molecule has 1 atom stereocenters. The first-order chi connectivity index (χ1) is 15.2. The van der Waals surface area contributed by atoms with E-state index in [1.807, 2.05) is 0 Å². The maximum absolute atomic E-state index is 5.18. The van der Waals surface area contributed by atoms with Gasteiger partial charge >= 0.3 is 0 Å². The minimum atomic E-state index is 0.511. The molecule has 3 aromatic carbocycles. The van der Waals surface area contributed by atoms with Crippen LogP contribution in [0, 0.1) is 6.92 Å². The van der Waals surface area contributed by atoms with Gasteiger partial charge in [0.1, 0.15) is 5.84 Å². The predicted octanol–water partition coefficient (Wildman–Crippen LogP) is 5.38. The number of anilines is 2. The van der Waals surface area contributed by atoms with Gasteiger partial charge in [-0.2, -0.15) is 0 Å². The molecule has 0 bridgehead atoms. The van der Waals surface area contributed by atoms with Crippen molar-refractivity contribution in [1.82, 2.24) is 9.80 Å². The molecule has 2 aliphatic heterocycles. The number of aliphatic imine (C=N–C) groups is 1. The lowest BCUT2D eigenvalue weighted by molar-refractivity contribution is 0.134. The van der Waals surface area contributed by atoms with E-state index in [2.05, 4.69) is 102 Å². The van der Waals surface area contributed by atoms with Crippen LogP contribution in [0.1, 0.15) is 23.1 Å². The van der Waals surface area contributed by atoms with Crippen LogP contribution in [0.15, 0.2) is 77.8 Å². The third-order valence-corrected chi connectivity index (χ3v) is 6.50. The largest absolute Gasteiger partial charge is 0.353 e. The monoisotopic (exact) mass is 410 g/mol. The van der Waals surface area contributed by atoms with Crippen LogP contribution in [0.2, 0.25) is 0 Å². The molecule has 0 aromatic heterocycles. The summed E-state index contributed by atoms with van der Waals surface area (Å²) in [5.74, 6) is 1.09. The molecule has 5 rings (SSSR count). The summed E-state index contributed by atoms with van der Waals surface area (Å²) in [7, 11) is 2.26. The van der Waals surface area contributed by atoms with E-state index in [1.54, 1.807) is 0 Å². The molecule has 0 amide bonds. The van der Waals surface area contributed by atoms with Crippen molar-refractivity contribution in [1.29, 1.82) is 0 Å². The summed E-state index contributed by atoms with van der Waals surface area (Å²) in [4.78, 5) is 10.2. The number of nitrogens with one attached hydrogen (secondary N) is 1. The van der Waals surface area contributed by atoms with Gasteiger partial charge in [-0.3, -0.25) is 4.90 Å². The Morgan fingerprint density at radius 1 is 0.935 bits per heavy atom. The maximum Gasteiger partial charge on any atom is 0.138 e. The second kappa shape index (κ2) is 8.56. The first-order valence-electron chi connectivity index (χ1n) is 11.2. The van der Waals surface area contributed by atoms with E-state index in [4.69, 9.17) is 4.99 Å². The molecule has 0 spiro atoms. The average Bonchev–Trinajstić information content (AvgIpc) is 2.96. The molecule has 1 fully saturated rings. The first-order valence-corrected chi connectivity index (χ1v) is 11.2. The molecule has 0 saturated carbocycles. The SMILES string of the molecule is Cc1ccc2c(c1)C(N1CCN(C)[C@@H](CCc3ccccc3)C1)=Nc1ccccc1N2. The van der Waals surface area contributed by atoms with Gasteiger partial charge in [-0.15, -0.1) is 0 Å². The summed E-state index contributed by atoms with van der Waals surface area (Å²) in [6.45, 7) is 5.20. The second-order valence-electron chi connectivity index (χ2n) is 8.73. The third kappa shape index (κ3) is 4.21. The van der Waals surface area contributed by atoms with Gasteiger partial charge in [0, 0.05) is 36.9 Å². The van der Waals surface area contributed by atoms with E-state index in [9.17, 15) is 0 Å². The van der Waals surface area contributed by atoms with Gasteiger partial charge in [0.15, 0.2) is 0 Å². The molecule has 2 heterocycles. The number of aryl methyl sites for hydroxylation is 2. The molecule has 1 N–H and O–H groups in total. The highest BCUT2D eigenvalue weighted by Gasteiger charge is 2.29. The van der Waals surface area contributed by atoms with Crippen molar-refractivity contribution >= 4 is 22.9 Å². The van der Waals surface area contributed by atoms with Crippen LogP contribution in [0.25, 0.3) is 0 Å². The Kier molecular flexibility index (Phi) is 5.47. The summed E-state index contributed by atoms with van der Waals surface area (Å²) in [5, 5.41) is 3.61. The molecule has 4 heteroatoms. The fourth-order valence-corrected chi connectivity index (χ4v) is 4.62. The van der Waals surface area contributed by atoms with Crippen molar-refractivity contribution in [2.75, 3.05) is 32.0 Å². The van der Waals surface area contributed by atoms with Crippen molar-refractivity contribution in [3.8, 4) is 0 Å². The summed E-state index contributed by atoms with van der Waals surface area (Å²) in [6.07, 6.45) is 2.26. The molecule has 158 valence electrons. The number of amidine groups is 1. The zero-order valence-corrected chi connectivity index (χ0v) is 18.4. The number of para-hydroxylation sites is 2. The predicted molar refractivity (Wildman–Crippen MR) is 130 cm³/mol. The van der Waals surface area contributed by atoms with Crippen molar-refractivity contribution in [3.63, 3.8) is 0 Å². The van der Waals surface area contributed by atoms with Crippen molar-refractivity contribution in [2.45, 2.75) is 25.8 Å². The summed E-state index contributed by atoms with van der Waals surface area (Å²) in [6, 6.07) is 26.3. The van der Waals surface area contributed by atoms with Crippen molar-refractivity contribution in [2.24, 2.45) is 4.99 Å². The molecule has 0 aliphatic carbocycles. The Hall–Kier alpha value is -3.11. The van der Waals surface area contributed by atoms with Gasteiger partial charge in [-0.25, -0.2) is 4.99 Å². The number of hydrogen-bond acceptors (Lipinski definition) is 4. The number of piperazine rings is 1. The Balaban J connectivity index is 1.45. The molecular weight excluding hydrogens is 380 g/mol. The van der Waals surface area contributed by atoms with Gasteiger partial charge in [0.05, 0.1) is 11.4 Å². The normalized spacial score (nSPS) is 18.5. The fourth-order valence-electron chi connectivity index (χ4n) is 4.62. The maximum atomic E-state index is 5.18. The quantitative estimate of drug-likeness (QED) is 0.629. The summed E-state index contributed by atoms with van der Waals surface area (Å²) < 4.78 is 0. The Bertz CT molecular complexity index is 1090. The van der Waals surface area contributed by atoms with Crippen molar-refractivity contribution in [3.05, 3.63) is 89.5 Å². The molecule has 31 heavy (non-hydrogen) atoms. The molecule has 3 aromatic rings. The van der Waals surface area contributed by atoms with E-state index in [-0.39, 0.29) is 0 Å². The van der Waals surface area contributed by atoms with E-state index >= 15 is 0 Å². The van der Waals surface area contributed by atoms with Gasteiger partial charge < -0.3 is 10.2 Å². The highest BCUT2D eigenvalue weighted by atomic mass is 15.3. The molecule has 0 radical (unpaired) electrons. The lowest BCUT2D eigenvalue weighted by atomic mass is 10.0. The molecule has 1 saturated heterocycles. The van der Waals surface area contributed by atoms with E-state index in [0.717, 1.165) is 55.4 Å². The topological polar surface area (TPSA) is 30.9 Å². The lowest BCUT2D eigenvalue weighted by Crippen LogP contribution is -2.53. The molecule has 4 nitrogen and oxygen atoms in total. The fraction of sp³-hybridized carbons (Fsp3) is 0.296. The number of rotatable bonds is 3. The highest BCUT2D eigenvalue weighted by molar-refractivity contribution is 6.07. The smallest absolute Gasteiger partial charge is 0.138 e. The summed E-state index contributed by atoms with van der Waals surface area (Å²) >= 11 is 0. The Morgan fingerprint density at radius 2 is 1.74 bits per heavy atom. The lowest BCUT2D eigenvalue weighted by Gasteiger charge is -2.41. The number of fused-ring (bicyclic) bond motifs is 2. The zero-order valence-electron chi connectivity index (χ0n) is 18.4. The van der Waals surface area contributed by atoms with Gasteiger partial charge in [-0.1, -0.05) is 54.1 Å².